The first-order chi connectivity index (χ1) is 17.4. The Hall–Kier alpha value is -2.66. The van der Waals surface area contributed by atoms with Crippen LogP contribution in [-0.2, 0) is 16.0 Å². The van der Waals surface area contributed by atoms with Crippen molar-refractivity contribution in [3.63, 3.8) is 0 Å². The Balaban J connectivity index is 1.73. The Morgan fingerprint density at radius 3 is 2.54 bits per heavy atom. The lowest BCUT2D eigenvalue weighted by Crippen LogP contribution is -2.48. The van der Waals surface area contributed by atoms with Crippen molar-refractivity contribution in [2.75, 3.05) is 0 Å². The van der Waals surface area contributed by atoms with Gasteiger partial charge < -0.3 is 15.5 Å². The van der Waals surface area contributed by atoms with E-state index in [-0.39, 0.29) is 46.7 Å². The van der Waals surface area contributed by atoms with Gasteiger partial charge in [-0.2, -0.15) is 0 Å². The zero-order valence-electron chi connectivity index (χ0n) is 23.2. The molecule has 4 rings (SSSR count). The van der Waals surface area contributed by atoms with E-state index in [1.807, 2.05) is 0 Å². The number of nitrogens with one attached hydrogen (secondary N) is 1. The molecular weight excluding hydrogens is 462 g/mol. The molecule has 1 saturated carbocycles. The first-order valence-electron chi connectivity index (χ1n) is 13.8. The molecule has 37 heavy (non-hydrogen) atoms. The Morgan fingerprint density at radius 2 is 1.89 bits per heavy atom. The Labute approximate surface area is 221 Å². The van der Waals surface area contributed by atoms with Gasteiger partial charge >= 0.3 is 0 Å². The molecule has 1 heterocycles. The van der Waals surface area contributed by atoms with Gasteiger partial charge in [0.1, 0.15) is 5.75 Å². The number of hydrogen-bond donors (Lipinski definition) is 3. The maximum Gasteiger partial charge on any atom is 0.257 e. The predicted molar refractivity (Wildman–Crippen MR) is 147 cm³/mol. The molecule has 0 bridgehead atoms. The minimum Gasteiger partial charge on any atom is -0.508 e. The second kappa shape index (κ2) is 10.2. The van der Waals surface area contributed by atoms with E-state index in [0.717, 1.165) is 31.2 Å². The molecule has 5 nitrogen and oxygen atoms in total. The lowest BCUT2D eigenvalue weighted by Gasteiger charge is -2.52. The molecule has 1 aliphatic heterocycles. The summed E-state index contributed by atoms with van der Waals surface area (Å²) in [7, 11) is 0. The fourth-order valence-corrected chi connectivity index (χ4v) is 7.31. The molecule has 1 fully saturated rings. The van der Waals surface area contributed by atoms with Crippen LogP contribution in [0.4, 0.5) is 0 Å². The lowest BCUT2D eigenvalue weighted by atomic mass is 9.52. The van der Waals surface area contributed by atoms with Gasteiger partial charge in [-0.3, -0.25) is 9.59 Å². The second-order valence-electron chi connectivity index (χ2n) is 12.3. The number of benzene rings is 1. The van der Waals surface area contributed by atoms with Crippen molar-refractivity contribution in [3.05, 3.63) is 64.8 Å². The smallest absolute Gasteiger partial charge is 0.257 e. The number of fused-ring (bicyclic) bond motifs is 1. The SMILES string of the molecule is CCC(C)/C=C(\C)[C@H]1C(C)=C[C@@]2(C)C[C@@H](C)CC[C@@H]2[C@H]1C(=O)C1=CC(O)(Cc2ccc(O)cc2)NC1=O. The average molecular weight is 506 g/mol. The second-order valence-corrected chi connectivity index (χ2v) is 12.3. The molecule has 2 unspecified atom stereocenters. The highest BCUT2D eigenvalue weighted by Gasteiger charge is 2.53. The number of allylic oxidation sites excluding steroid dienone is 4. The van der Waals surface area contributed by atoms with Gasteiger partial charge in [0.05, 0.1) is 5.57 Å². The molecule has 3 aliphatic rings. The summed E-state index contributed by atoms with van der Waals surface area (Å²) in [6, 6.07) is 6.50. The summed E-state index contributed by atoms with van der Waals surface area (Å²) in [5.74, 6) is 0.236. The number of phenols is 1. The van der Waals surface area contributed by atoms with E-state index in [2.05, 4.69) is 59.0 Å². The van der Waals surface area contributed by atoms with Crippen LogP contribution < -0.4 is 5.32 Å². The normalized spacial score (nSPS) is 34.8. The third kappa shape index (κ3) is 5.47. The number of amides is 1. The van der Waals surface area contributed by atoms with Crippen LogP contribution in [-0.4, -0.2) is 27.6 Å². The average Bonchev–Trinajstić information content (AvgIpc) is 3.12. The first-order valence-corrected chi connectivity index (χ1v) is 13.8. The van der Waals surface area contributed by atoms with Gasteiger partial charge in [0.15, 0.2) is 11.5 Å². The van der Waals surface area contributed by atoms with Crippen LogP contribution in [0.3, 0.4) is 0 Å². The summed E-state index contributed by atoms with van der Waals surface area (Å²) in [5.41, 5.74) is 1.50. The highest BCUT2D eigenvalue weighted by molar-refractivity contribution is 6.22. The van der Waals surface area contributed by atoms with Gasteiger partial charge in [-0.05, 0) is 73.6 Å². The molecule has 7 atom stereocenters. The zero-order valence-corrected chi connectivity index (χ0v) is 23.2. The van der Waals surface area contributed by atoms with Gasteiger partial charge in [-0.15, -0.1) is 0 Å². The summed E-state index contributed by atoms with van der Waals surface area (Å²) in [4.78, 5) is 27.5. The third-order valence-electron chi connectivity index (χ3n) is 9.06. The quantitative estimate of drug-likeness (QED) is 0.319. The molecule has 1 aromatic rings. The van der Waals surface area contributed by atoms with Gasteiger partial charge in [0.25, 0.3) is 5.91 Å². The molecule has 1 amide bonds. The third-order valence-corrected chi connectivity index (χ3v) is 9.06. The first kappa shape index (κ1) is 27.4. The van der Waals surface area contributed by atoms with Crippen molar-refractivity contribution in [1.82, 2.24) is 5.32 Å². The van der Waals surface area contributed by atoms with Crippen molar-refractivity contribution in [2.24, 2.45) is 35.0 Å². The standard InChI is InChI=1S/C32H43NO4/c1-7-19(2)14-21(4)27-22(5)16-31(6)15-20(3)8-13-26(31)28(27)29(35)25-18-32(37,33-30(25)36)17-23-9-11-24(34)12-10-23/h9-12,14,16,18-20,26-28,34,37H,7-8,13,15,17H2,1-6H3,(H,33,36)/b21-14+/t19?,20-,26+,27-,28+,31+,32?/m0/s1. The molecular formula is C32H43NO4. The van der Waals surface area contributed by atoms with Gasteiger partial charge in [-0.1, -0.05) is 76.0 Å². The van der Waals surface area contributed by atoms with Crippen molar-refractivity contribution in [2.45, 2.75) is 79.4 Å². The molecule has 200 valence electrons. The maximum atomic E-state index is 14.4. The fraction of sp³-hybridized carbons (Fsp3) is 0.562. The number of phenolic OH excluding ortho intramolecular Hbond substituents is 1. The van der Waals surface area contributed by atoms with Crippen molar-refractivity contribution >= 4 is 11.7 Å². The number of rotatable bonds is 7. The van der Waals surface area contributed by atoms with Crippen molar-refractivity contribution < 1.29 is 19.8 Å². The Kier molecular flexibility index (Phi) is 7.58. The number of ketones is 1. The van der Waals surface area contributed by atoms with E-state index in [0.29, 0.717) is 11.8 Å². The summed E-state index contributed by atoms with van der Waals surface area (Å²) in [6.45, 7) is 13.2. The van der Waals surface area contributed by atoms with Crippen molar-refractivity contribution in [1.29, 1.82) is 0 Å². The number of carbonyl (C=O) groups is 2. The van der Waals surface area contributed by atoms with Gasteiger partial charge in [0, 0.05) is 18.3 Å². The van der Waals surface area contributed by atoms with Gasteiger partial charge in [0.2, 0.25) is 0 Å². The van der Waals surface area contributed by atoms with Crippen LogP contribution in [0, 0.1) is 35.0 Å². The van der Waals surface area contributed by atoms with E-state index < -0.39 is 11.6 Å². The maximum absolute atomic E-state index is 14.4. The zero-order chi connectivity index (χ0) is 27.1. The topological polar surface area (TPSA) is 86.6 Å². The van der Waals surface area contributed by atoms with Crippen LogP contribution in [0.5, 0.6) is 5.75 Å². The van der Waals surface area contributed by atoms with Crippen molar-refractivity contribution in [3.8, 4) is 5.75 Å². The van der Waals surface area contributed by atoms with Gasteiger partial charge in [-0.25, -0.2) is 0 Å². The minimum atomic E-state index is -1.64. The Morgan fingerprint density at radius 1 is 1.22 bits per heavy atom. The van der Waals surface area contributed by atoms with Crippen LogP contribution >= 0.6 is 0 Å². The fourth-order valence-electron chi connectivity index (χ4n) is 7.31. The lowest BCUT2D eigenvalue weighted by molar-refractivity contribution is -0.129. The number of carbonyl (C=O) groups excluding carboxylic acids is 2. The van der Waals surface area contributed by atoms with Crippen LogP contribution in [0.15, 0.2) is 59.2 Å². The monoisotopic (exact) mass is 505 g/mol. The molecule has 3 N–H and O–H groups in total. The number of Topliss-reactive ketones (excluding diaryl/α,β-unsaturated/α-hetero) is 1. The van der Waals surface area contributed by atoms with E-state index in [1.165, 1.54) is 17.2 Å². The van der Waals surface area contributed by atoms with Crippen LogP contribution in [0.1, 0.15) is 72.8 Å². The number of hydrogen-bond acceptors (Lipinski definition) is 4. The predicted octanol–water partition coefficient (Wildman–Crippen LogP) is 5.88. The minimum absolute atomic E-state index is 0.0486. The molecule has 0 saturated heterocycles. The number of aliphatic hydroxyl groups is 1. The summed E-state index contributed by atoms with van der Waals surface area (Å²) >= 11 is 0. The molecule has 0 aromatic heterocycles. The van der Waals surface area contributed by atoms with Crippen LogP contribution in [0.2, 0.25) is 0 Å². The summed E-state index contributed by atoms with van der Waals surface area (Å²) in [5, 5.41) is 23.5. The number of aromatic hydroxyl groups is 1. The highest BCUT2D eigenvalue weighted by Crippen LogP contribution is 2.56. The van der Waals surface area contributed by atoms with E-state index in [9.17, 15) is 19.8 Å². The van der Waals surface area contributed by atoms with E-state index >= 15 is 0 Å². The molecule has 0 radical (unpaired) electrons. The molecule has 2 aliphatic carbocycles. The summed E-state index contributed by atoms with van der Waals surface area (Å²) < 4.78 is 0. The summed E-state index contributed by atoms with van der Waals surface area (Å²) in [6.07, 6.45) is 10.4. The van der Waals surface area contributed by atoms with E-state index in [4.69, 9.17) is 0 Å². The van der Waals surface area contributed by atoms with E-state index in [1.54, 1.807) is 24.3 Å². The molecule has 1 aromatic carbocycles. The highest BCUT2D eigenvalue weighted by atomic mass is 16.3. The molecule has 5 heteroatoms. The Bertz CT molecular complexity index is 1150. The molecule has 0 spiro atoms. The van der Waals surface area contributed by atoms with Crippen LogP contribution in [0.25, 0.3) is 0 Å². The largest absolute Gasteiger partial charge is 0.508 e.